The number of benzene rings is 1. The Bertz CT molecular complexity index is 628. The first kappa shape index (κ1) is 13.8. The summed E-state index contributed by atoms with van der Waals surface area (Å²) in [5, 5.41) is 8.84. The Morgan fingerprint density at radius 1 is 1.15 bits per heavy atom. The molecule has 1 aromatic carbocycles. The number of methoxy groups -OCH3 is 1. The van der Waals surface area contributed by atoms with Gasteiger partial charge in [0.05, 0.1) is 7.11 Å². The van der Waals surface area contributed by atoms with Gasteiger partial charge in [-0.2, -0.15) is 0 Å². The van der Waals surface area contributed by atoms with Crippen molar-refractivity contribution in [3.05, 3.63) is 53.7 Å². The minimum absolute atomic E-state index is 0.309. The number of carboxylic acids is 1. The van der Waals surface area contributed by atoms with Crippen LogP contribution in [0.25, 0.3) is 17.2 Å². The summed E-state index contributed by atoms with van der Waals surface area (Å²) in [6.07, 6.45) is 3.38. The first-order chi connectivity index (χ1) is 9.60. The average molecular weight is 269 g/mol. The van der Waals surface area contributed by atoms with Gasteiger partial charge in [0.1, 0.15) is 0 Å². The van der Waals surface area contributed by atoms with Gasteiger partial charge in [0, 0.05) is 23.4 Å². The summed E-state index contributed by atoms with van der Waals surface area (Å²) in [5.74, 6) is -0.334. The molecule has 0 aliphatic rings. The highest BCUT2D eigenvalue weighted by Gasteiger charge is 2.02. The number of hydrogen-bond donors (Lipinski definition) is 1. The molecule has 4 heteroatoms. The van der Waals surface area contributed by atoms with Crippen molar-refractivity contribution in [2.45, 2.75) is 6.92 Å². The van der Waals surface area contributed by atoms with E-state index in [-0.39, 0.29) is 0 Å². The Morgan fingerprint density at radius 2 is 1.80 bits per heavy atom. The lowest BCUT2D eigenvalue weighted by atomic mass is 10.0. The number of ether oxygens (including phenoxy) is 1. The highest BCUT2D eigenvalue weighted by atomic mass is 16.5. The minimum atomic E-state index is -0.909. The normalized spacial score (nSPS) is 11.2. The molecular weight excluding hydrogens is 254 g/mol. The van der Waals surface area contributed by atoms with Crippen molar-refractivity contribution in [1.29, 1.82) is 0 Å². The predicted molar refractivity (Wildman–Crippen MR) is 77.5 cm³/mol. The van der Waals surface area contributed by atoms with Gasteiger partial charge in [-0.3, -0.25) is 0 Å². The van der Waals surface area contributed by atoms with E-state index in [1.165, 1.54) is 0 Å². The summed E-state index contributed by atoms with van der Waals surface area (Å²) < 4.78 is 5.02. The second-order valence-electron chi connectivity index (χ2n) is 4.34. The fourth-order valence-corrected chi connectivity index (χ4v) is 1.76. The topological polar surface area (TPSA) is 59.4 Å². The van der Waals surface area contributed by atoms with Crippen LogP contribution in [0.1, 0.15) is 12.5 Å². The molecular formula is C16H15NO3. The summed E-state index contributed by atoms with van der Waals surface area (Å²) in [5.41, 5.74) is 3.17. The molecule has 0 aliphatic carbocycles. The van der Waals surface area contributed by atoms with E-state index >= 15 is 0 Å². The zero-order valence-corrected chi connectivity index (χ0v) is 11.3. The van der Waals surface area contributed by atoms with Crippen LogP contribution in [0.2, 0.25) is 0 Å². The highest BCUT2D eigenvalue weighted by molar-refractivity contribution is 5.91. The van der Waals surface area contributed by atoms with E-state index in [0.29, 0.717) is 11.5 Å². The van der Waals surface area contributed by atoms with Crippen molar-refractivity contribution in [3.8, 4) is 17.0 Å². The van der Waals surface area contributed by atoms with E-state index in [4.69, 9.17) is 9.84 Å². The Labute approximate surface area is 117 Å². The maximum atomic E-state index is 10.8. The minimum Gasteiger partial charge on any atom is -0.481 e. The van der Waals surface area contributed by atoms with Crippen molar-refractivity contribution in [2.75, 3.05) is 7.11 Å². The van der Waals surface area contributed by atoms with E-state index in [0.717, 1.165) is 16.7 Å². The molecule has 0 bridgehead atoms. The van der Waals surface area contributed by atoms with Crippen LogP contribution < -0.4 is 4.74 Å². The number of pyridine rings is 1. The van der Waals surface area contributed by atoms with Crippen molar-refractivity contribution >= 4 is 12.0 Å². The molecule has 0 fully saturated rings. The van der Waals surface area contributed by atoms with Gasteiger partial charge in [-0.1, -0.05) is 24.3 Å². The second-order valence-corrected chi connectivity index (χ2v) is 4.34. The monoisotopic (exact) mass is 269 g/mol. The third kappa shape index (κ3) is 3.23. The summed E-state index contributed by atoms with van der Waals surface area (Å²) in [4.78, 5) is 14.9. The number of rotatable bonds is 4. The SMILES string of the molecule is COc1ccc(-c2ccc(C=C(C)C(=O)O)cc2)cn1. The van der Waals surface area contributed by atoms with Crippen LogP contribution >= 0.6 is 0 Å². The molecule has 1 aromatic heterocycles. The fraction of sp³-hybridized carbons (Fsp3) is 0.125. The van der Waals surface area contributed by atoms with E-state index in [1.807, 2.05) is 30.3 Å². The van der Waals surface area contributed by atoms with Crippen molar-refractivity contribution < 1.29 is 14.6 Å². The van der Waals surface area contributed by atoms with Gasteiger partial charge in [-0.25, -0.2) is 9.78 Å². The molecule has 2 aromatic rings. The van der Waals surface area contributed by atoms with Crippen LogP contribution in [-0.4, -0.2) is 23.2 Å². The van der Waals surface area contributed by atoms with Gasteiger partial charge in [0.25, 0.3) is 0 Å². The summed E-state index contributed by atoms with van der Waals surface area (Å²) in [7, 11) is 1.58. The van der Waals surface area contributed by atoms with Gasteiger partial charge in [-0.05, 0) is 30.2 Å². The Balaban J connectivity index is 2.23. The Morgan fingerprint density at radius 3 is 2.30 bits per heavy atom. The second kappa shape index (κ2) is 6.02. The summed E-state index contributed by atoms with van der Waals surface area (Å²) in [6, 6.07) is 11.4. The zero-order chi connectivity index (χ0) is 14.5. The van der Waals surface area contributed by atoms with Crippen LogP contribution in [-0.2, 0) is 4.79 Å². The first-order valence-corrected chi connectivity index (χ1v) is 6.12. The predicted octanol–water partition coefficient (Wildman–Crippen LogP) is 3.25. The lowest BCUT2D eigenvalue weighted by molar-refractivity contribution is -0.132. The van der Waals surface area contributed by atoms with Gasteiger partial charge in [-0.15, -0.1) is 0 Å². The summed E-state index contributed by atoms with van der Waals surface area (Å²) in [6.45, 7) is 1.57. The van der Waals surface area contributed by atoms with E-state index < -0.39 is 5.97 Å². The lowest BCUT2D eigenvalue weighted by Gasteiger charge is -2.04. The number of aromatic nitrogens is 1. The smallest absolute Gasteiger partial charge is 0.331 e. The molecule has 20 heavy (non-hydrogen) atoms. The largest absolute Gasteiger partial charge is 0.481 e. The molecule has 1 heterocycles. The molecule has 0 aliphatic heterocycles. The lowest BCUT2D eigenvalue weighted by Crippen LogP contribution is -1.95. The standard InChI is InChI=1S/C16H15NO3/c1-11(16(18)19)9-12-3-5-13(6-4-12)14-7-8-15(20-2)17-10-14/h3-10H,1-2H3,(H,18,19). The molecule has 0 amide bonds. The zero-order valence-electron chi connectivity index (χ0n) is 11.3. The molecule has 102 valence electrons. The maximum absolute atomic E-state index is 10.8. The average Bonchev–Trinajstić information content (AvgIpc) is 2.48. The highest BCUT2D eigenvalue weighted by Crippen LogP contribution is 2.21. The van der Waals surface area contributed by atoms with Crippen LogP contribution in [0.5, 0.6) is 5.88 Å². The number of aliphatic carboxylic acids is 1. The van der Waals surface area contributed by atoms with Gasteiger partial charge >= 0.3 is 5.97 Å². The number of nitrogens with zero attached hydrogens (tertiary/aromatic N) is 1. The third-order valence-electron chi connectivity index (χ3n) is 2.91. The third-order valence-corrected chi connectivity index (χ3v) is 2.91. The Hall–Kier alpha value is -2.62. The van der Waals surface area contributed by atoms with E-state index in [2.05, 4.69) is 4.98 Å². The van der Waals surface area contributed by atoms with Crippen LogP contribution in [0.4, 0.5) is 0 Å². The van der Waals surface area contributed by atoms with Gasteiger partial charge in [0.2, 0.25) is 5.88 Å². The van der Waals surface area contributed by atoms with Crippen LogP contribution in [0, 0.1) is 0 Å². The molecule has 1 N–H and O–H groups in total. The van der Waals surface area contributed by atoms with Crippen LogP contribution in [0.3, 0.4) is 0 Å². The molecule has 0 atom stereocenters. The van der Waals surface area contributed by atoms with E-state index in [9.17, 15) is 4.79 Å². The van der Waals surface area contributed by atoms with Gasteiger partial charge < -0.3 is 9.84 Å². The van der Waals surface area contributed by atoms with Crippen molar-refractivity contribution in [2.24, 2.45) is 0 Å². The van der Waals surface area contributed by atoms with Crippen molar-refractivity contribution in [1.82, 2.24) is 4.98 Å². The van der Waals surface area contributed by atoms with E-state index in [1.54, 1.807) is 32.4 Å². The molecule has 2 rings (SSSR count). The molecule has 0 saturated heterocycles. The van der Waals surface area contributed by atoms with Crippen molar-refractivity contribution in [3.63, 3.8) is 0 Å². The first-order valence-electron chi connectivity index (χ1n) is 6.12. The molecule has 0 unspecified atom stereocenters. The number of hydrogen-bond acceptors (Lipinski definition) is 3. The molecule has 4 nitrogen and oxygen atoms in total. The quantitative estimate of drug-likeness (QED) is 0.865. The summed E-state index contributed by atoms with van der Waals surface area (Å²) >= 11 is 0. The number of carboxylic acid groups (broad SMARTS) is 1. The molecule has 0 spiro atoms. The Kier molecular flexibility index (Phi) is 4.15. The fourth-order valence-electron chi connectivity index (χ4n) is 1.76. The van der Waals surface area contributed by atoms with Gasteiger partial charge in [0.15, 0.2) is 0 Å². The number of carbonyl (C=O) groups is 1. The molecule has 0 radical (unpaired) electrons. The van der Waals surface area contributed by atoms with Crippen LogP contribution in [0.15, 0.2) is 48.2 Å². The maximum Gasteiger partial charge on any atom is 0.331 e. The molecule has 0 saturated carbocycles.